The Hall–Kier alpha value is -2.18. The number of nitrogens with zero attached hydrogens (tertiary/aromatic N) is 3. The summed E-state index contributed by atoms with van der Waals surface area (Å²) in [5, 5.41) is 6.65. The van der Waals surface area contributed by atoms with Gasteiger partial charge < -0.3 is 15.4 Å². The molecule has 1 aromatic heterocycles. The van der Waals surface area contributed by atoms with Gasteiger partial charge in [0.1, 0.15) is 18.2 Å². The van der Waals surface area contributed by atoms with Gasteiger partial charge in [-0.1, -0.05) is 30.3 Å². The summed E-state index contributed by atoms with van der Waals surface area (Å²) >= 11 is 0. The second-order valence-electron chi connectivity index (χ2n) is 6.42. The molecular formula is C19H27N5O. The summed E-state index contributed by atoms with van der Waals surface area (Å²) in [5.74, 6) is 2.37. The monoisotopic (exact) mass is 341 g/mol. The van der Waals surface area contributed by atoms with Crippen molar-refractivity contribution in [3.8, 4) is 0 Å². The number of aromatic nitrogens is 2. The van der Waals surface area contributed by atoms with Gasteiger partial charge in [0.2, 0.25) is 0 Å². The smallest absolute Gasteiger partial charge is 0.158 e. The molecule has 1 aromatic carbocycles. The van der Waals surface area contributed by atoms with E-state index in [2.05, 4.69) is 55.8 Å². The minimum absolute atomic E-state index is 0.416. The Morgan fingerprint density at radius 2 is 1.84 bits per heavy atom. The van der Waals surface area contributed by atoms with Crippen molar-refractivity contribution in [1.29, 1.82) is 0 Å². The molecule has 2 heterocycles. The molecule has 0 amide bonds. The van der Waals surface area contributed by atoms with E-state index in [4.69, 9.17) is 4.74 Å². The lowest BCUT2D eigenvalue weighted by atomic mass is 10.0. The Kier molecular flexibility index (Phi) is 6.19. The number of anilines is 2. The van der Waals surface area contributed by atoms with E-state index >= 15 is 0 Å². The maximum absolute atomic E-state index is 5.16. The molecule has 1 aliphatic rings. The zero-order valence-electron chi connectivity index (χ0n) is 15.0. The van der Waals surface area contributed by atoms with Crippen LogP contribution in [0, 0.1) is 0 Å². The van der Waals surface area contributed by atoms with Gasteiger partial charge in [0, 0.05) is 45.9 Å². The number of benzene rings is 1. The Labute approximate surface area is 149 Å². The van der Waals surface area contributed by atoms with Gasteiger partial charge in [-0.15, -0.1) is 0 Å². The second kappa shape index (κ2) is 8.78. The van der Waals surface area contributed by atoms with Crippen LogP contribution in [0.5, 0.6) is 0 Å². The number of methoxy groups -OCH3 is 1. The van der Waals surface area contributed by atoms with E-state index in [9.17, 15) is 0 Å². The Morgan fingerprint density at radius 3 is 2.52 bits per heavy atom. The molecule has 0 unspecified atom stereocenters. The highest BCUT2D eigenvalue weighted by Gasteiger charge is 2.19. The summed E-state index contributed by atoms with van der Waals surface area (Å²) in [7, 11) is 3.52. The van der Waals surface area contributed by atoms with E-state index in [1.54, 1.807) is 7.11 Å². The van der Waals surface area contributed by atoms with Gasteiger partial charge in [-0.2, -0.15) is 0 Å². The SMILES string of the molecule is CNc1cc(NC2CCN(Cc3ccccc3)CC2)nc(COC)n1. The summed E-state index contributed by atoms with van der Waals surface area (Å²) in [6.07, 6.45) is 2.23. The highest BCUT2D eigenvalue weighted by Crippen LogP contribution is 2.19. The van der Waals surface area contributed by atoms with E-state index in [0.29, 0.717) is 18.5 Å². The molecule has 0 saturated carbocycles. The van der Waals surface area contributed by atoms with Gasteiger partial charge in [-0.05, 0) is 18.4 Å². The third-order valence-electron chi connectivity index (χ3n) is 4.49. The zero-order valence-corrected chi connectivity index (χ0v) is 15.0. The summed E-state index contributed by atoms with van der Waals surface area (Å²) in [4.78, 5) is 11.5. The molecule has 0 radical (unpaired) electrons. The van der Waals surface area contributed by atoms with Gasteiger partial charge >= 0.3 is 0 Å². The van der Waals surface area contributed by atoms with Gasteiger partial charge in [-0.3, -0.25) is 4.90 Å². The molecular weight excluding hydrogens is 314 g/mol. The molecule has 6 heteroatoms. The molecule has 0 atom stereocenters. The Balaban J connectivity index is 1.54. The first kappa shape index (κ1) is 17.6. The molecule has 134 valence electrons. The third-order valence-corrected chi connectivity index (χ3v) is 4.49. The first-order chi connectivity index (χ1) is 12.3. The van der Waals surface area contributed by atoms with Gasteiger partial charge in [0.15, 0.2) is 5.82 Å². The highest BCUT2D eigenvalue weighted by molar-refractivity contribution is 5.47. The van der Waals surface area contributed by atoms with Crippen LogP contribution in [0.2, 0.25) is 0 Å². The molecule has 1 fully saturated rings. The van der Waals surface area contributed by atoms with Crippen LogP contribution in [-0.4, -0.2) is 48.2 Å². The van der Waals surface area contributed by atoms with Crippen molar-refractivity contribution >= 4 is 11.6 Å². The fourth-order valence-corrected chi connectivity index (χ4v) is 3.18. The fraction of sp³-hybridized carbons (Fsp3) is 0.474. The fourth-order valence-electron chi connectivity index (χ4n) is 3.18. The van der Waals surface area contributed by atoms with Crippen LogP contribution >= 0.6 is 0 Å². The zero-order chi connectivity index (χ0) is 17.5. The molecule has 0 spiro atoms. The number of likely N-dealkylation sites (tertiary alicyclic amines) is 1. The summed E-state index contributed by atoms with van der Waals surface area (Å²) < 4.78 is 5.16. The van der Waals surface area contributed by atoms with Crippen molar-refractivity contribution in [3.63, 3.8) is 0 Å². The first-order valence-corrected chi connectivity index (χ1v) is 8.84. The van der Waals surface area contributed by atoms with Crippen LogP contribution in [0.25, 0.3) is 0 Å². The standard InChI is InChI=1S/C19H27N5O/c1-20-17-12-18(23-19(22-17)14-25-2)21-16-8-10-24(11-9-16)13-15-6-4-3-5-7-15/h3-7,12,16H,8-11,13-14H2,1-2H3,(H2,20,21,22,23). The van der Waals surface area contributed by atoms with Crippen molar-refractivity contribution in [1.82, 2.24) is 14.9 Å². The van der Waals surface area contributed by atoms with Crippen molar-refractivity contribution in [2.75, 3.05) is 37.9 Å². The molecule has 0 bridgehead atoms. The molecule has 3 rings (SSSR count). The summed E-state index contributed by atoms with van der Waals surface area (Å²) in [6, 6.07) is 13.1. The quantitative estimate of drug-likeness (QED) is 0.807. The minimum atomic E-state index is 0.416. The number of hydrogen-bond acceptors (Lipinski definition) is 6. The maximum atomic E-state index is 5.16. The molecule has 1 aliphatic heterocycles. The molecule has 6 nitrogen and oxygen atoms in total. The van der Waals surface area contributed by atoms with Gasteiger partial charge in [-0.25, -0.2) is 9.97 Å². The number of rotatable bonds is 7. The van der Waals surface area contributed by atoms with Gasteiger partial charge in [0.05, 0.1) is 0 Å². The maximum Gasteiger partial charge on any atom is 0.158 e. The average molecular weight is 341 g/mol. The molecule has 1 saturated heterocycles. The largest absolute Gasteiger partial charge is 0.377 e. The highest BCUT2D eigenvalue weighted by atomic mass is 16.5. The van der Waals surface area contributed by atoms with E-state index < -0.39 is 0 Å². The van der Waals surface area contributed by atoms with Crippen LogP contribution < -0.4 is 10.6 Å². The van der Waals surface area contributed by atoms with Crippen LogP contribution in [0.4, 0.5) is 11.6 Å². The van der Waals surface area contributed by atoms with Crippen molar-refractivity contribution < 1.29 is 4.74 Å². The molecule has 25 heavy (non-hydrogen) atoms. The normalized spacial score (nSPS) is 15.9. The molecule has 0 aliphatic carbocycles. The predicted octanol–water partition coefficient (Wildman–Crippen LogP) is 2.74. The van der Waals surface area contributed by atoms with E-state index in [0.717, 1.165) is 44.1 Å². The second-order valence-corrected chi connectivity index (χ2v) is 6.42. The van der Waals surface area contributed by atoms with Crippen molar-refractivity contribution in [3.05, 3.63) is 47.8 Å². The summed E-state index contributed by atoms with van der Waals surface area (Å²) in [5.41, 5.74) is 1.38. The van der Waals surface area contributed by atoms with Crippen LogP contribution in [0.3, 0.4) is 0 Å². The van der Waals surface area contributed by atoms with Crippen molar-refractivity contribution in [2.24, 2.45) is 0 Å². The van der Waals surface area contributed by atoms with E-state index in [-0.39, 0.29) is 0 Å². The lowest BCUT2D eigenvalue weighted by Crippen LogP contribution is -2.38. The number of nitrogens with one attached hydrogen (secondary N) is 2. The topological polar surface area (TPSA) is 62.3 Å². The third kappa shape index (κ3) is 5.14. The Bertz CT molecular complexity index is 656. The number of piperidine rings is 1. The van der Waals surface area contributed by atoms with Crippen LogP contribution in [-0.2, 0) is 17.9 Å². The predicted molar refractivity (Wildman–Crippen MR) is 101 cm³/mol. The lowest BCUT2D eigenvalue weighted by Gasteiger charge is -2.32. The minimum Gasteiger partial charge on any atom is -0.377 e. The number of ether oxygens (including phenoxy) is 1. The van der Waals surface area contributed by atoms with E-state index in [1.807, 2.05) is 13.1 Å². The van der Waals surface area contributed by atoms with Crippen LogP contribution in [0.15, 0.2) is 36.4 Å². The molecule has 2 aromatic rings. The van der Waals surface area contributed by atoms with Crippen LogP contribution in [0.1, 0.15) is 24.2 Å². The average Bonchev–Trinajstić information content (AvgIpc) is 2.64. The number of hydrogen-bond donors (Lipinski definition) is 2. The van der Waals surface area contributed by atoms with Crippen molar-refractivity contribution in [2.45, 2.75) is 32.0 Å². The summed E-state index contributed by atoms with van der Waals surface area (Å²) in [6.45, 7) is 3.64. The molecule has 2 N–H and O–H groups in total. The Morgan fingerprint density at radius 1 is 1.12 bits per heavy atom. The van der Waals surface area contributed by atoms with E-state index in [1.165, 1.54) is 5.56 Å². The van der Waals surface area contributed by atoms with Gasteiger partial charge in [0.25, 0.3) is 0 Å². The first-order valence-electron chi connectivity index (χ1n) is 8.84. The lowest BCUT2D eigenvalue weighted by molar-refractivity contribution is 0.178.